The van der Waals surface area contributed by atoms with E-state index >= 15 is 0 Å². The van der Waals surface area contributed by atoms with E-state index in [-0.39, 0.29) is 27.4 Å². The van der Waals surface area contributed by atoms with Crippen LogP contribution in [0.5, 0.6) is 0 Å². The molecule has 1 fully saturated rings. The molecule has 2 aliphatic rings. The Morgan fingerprint density at radius 1 is 1.22 bits per heavy atom. The van der Waals surface area contributed by atoms with Crippen LogP contribution in [-0.4, -0.2) is 39.6 Å². The van der Waals surface area contributed by atoms with Crippen molar-refractivity contribution in [1.82, 2.24) is 10.6 Å². The van der Waals surface area contributed by atoms with E-state index in [1.807, 2.05) is 12.1 Å². The zero-order chi connectivity index (χ0) is 19.5. The largest absolute Gasteiger partial charge is 0.353 e. The first-order chi connectivity index (χ1) is 12.8. The maximum Gasteiger partial charge on any atom is 0.233 e. The van der Waals surface area contributed by atoms with Crippen molar-refractivity contribution in [1.29, 1.82) is 0 Å². The van der Waals surface area contributed by atoms with Gasteiger partial charge in [-0.3, -0.25) is 9.59 Å². The summed E-state index contributed by atoms with van der Waals surface area (Å²) < 4.78 is 0.0725. The number of carbonyl (C=O) groups is 2. The predicted octanol–water partition coefficient (Wildman–Crippen LogP) is 3.78. The number of rotatable bonds is 6. The fraction of sp³-hybridized carbons (Fsp3) is 0.619. The van der Waals surface area contributed by atoms with Crippen LogP contribution in [-0.2, 0) is 16.0 Å². The monoisotopic (exact) mass is 406 g/mol. The average molecular weight is 407 g/mol. The van der Waals surface area contributed by atoms with Crippen molar-refractivity contribution in [2.75, 3.05) is 12.3 Å². The van der Waals surface area contributed by atoms with Gasteiger partial charge in [0.1, 0.15) is 0 Å². The van der Waals surface area contributed by atoms with E-state index in [1.54, 1.807) is 23.5 Å². The summed E-state index contributed by atoms with van der Waals surface area (Å²) in [5.74, 6) is 0.627. The Kier molecular flexibility index (Phi) is 6.46. The first-order valence-corrected chi connectivity index (χ1v) is 11.6. The van der Waals surface area contributed by atoms with E-state index in [0.29, 0.717) is 12.3 Å². The third-order valence-electron chi connectivity index (χ3n) is 5.14. The molecule has 1 aromatic rings. The summed E-state index contributed by atoms with van der Waals surface area (Å²) in [4.78, 5) is 26.4. The van der Waals surface area contributed by atoms with E-state index in [0.717, 1.165) is 32.1 Å². The smallest absolute Gasteiger partial charge is 0.233 e. The summed E-state index contributed by atoms with van der Waals surface area (Å²) in [5.41, 5.74) is 0.979. The van der Waals surface area contributed by atoms with Gasteiger partial charge >= 0.3 is 0 Å². The summed E-state index contributed by atoms with van der Waals surface area (Å²) in [6.45, 7) is 6.89. The van der Waals surface area contributed by atoms with Gasteiger partial charge < -0.3 is 10.6 Å². The van der Waals surface area contributed by atoms with Crippen LogP contribution in [0.15, 0.2) is 29.2 Å². The SMILES string of the molecule is CC(C)(C)SCC(=O)NC1(CNC(=O)C2Cc3ccccc3S2)CCCC1. The van der Waals surface area contributed by atoms with Crippen LogP contribution in [0, 0.1) is 0 Å². The van der Waals surface area contributed by atoms with Gasteiger partial charge in [-0.2, -0.15) is 0 Å². The topological polar surface area (TPSA) is 58.2 Å². The van der Waals surface area contributed by atoms with Gasteiger partial charge in [-0.1, -0.05) is 51.8 Å². The molecule has 1 unspecified atom stereocenters. The average Bonchev–Trinajstić information content (AvgIpc) is 3.24. The Balaban J connectivity index is 1.52. The van der Waals surface area contributed by atoms with Crippen LogP contribution in [0.25, 0.3) is 0 Å². The molecule has 1 saturated carbocycles. The Morgan fingerprint density at radius 2 is 1.93 bits per heavy atom. The Bertz CT molecular complexity index is 669. The van der Waals surface area contributed by atoms with E-state index in [2.05, 4.69) is 43.5 Å². The van der Waals surface area contributed by atoms with Crippen molar-refractivity contribution in [3.8, 4) is 0 Å². The number of nitrogens with one attached hydrogen (secondary N) is 2. The minimum atomic E-state index is -0.276. The normalized spacial score (nSPS) is 20.9. The standard InChI is InChI=1S/C21H30N2O2S2/c1-20(2,3)26-13-18(24)23-21(10-6-7-11-21)14-22-19(25)17-12-15-8-4-5-9-16(15)27-17/h4-5,8-9,17H,6-7,10-14H2,1-3H3,(H,22,25)(H,23,24). The van der Waals surface area contributed by atoms with Gasteiger partial charge in [0, 0.05) is 16.2 Å². The summed E-state index contributed by atoms with van der Waals surface area (Å²) in [6.07, 6.45) is 4.88. The highest BCUT2D eigenvalue weighted by molar-refractivity contribution is 8.01. The first-order valence-electron chi connectivity index (χ1n) is 9.74. The highest BCUT2D eigenvalue weighted by Gasteiger charge is 2.37. The molecule has 27 heavy (non-hydrogen) atoms. The molecule has 6 heteroatoms. The van der Waals surface area contributed by atoms with E-state index in [4.69, 9.17) is 0 Å². The number of hydrogen-bond donors (Lipinski definition) is 2. The molecule has 148 valence electrons. The minimum Gasteiger partial charge on any atom is -0.353 e. The summed E-state index contributed by atoms with van der Waals surface area (Å²) in [5, 5.41) is 6.32. The Labute approximate surface area is 171 Å². The van der Waals surface area contributed by atoms with Gasteiger partial charge in [0.05, 0.1) is 16.5 Å². The van der Waals surface area contributed by atoms with Crippen molar-refractivity contribution < 1.29 is 9.59 Å². The molecule has 0 bridgehead atoms. The first kappa shape index (κ1) is 20.6. The van der Waals surface area contributed by atoms with E-state index in [9.17, 15) is 9.59 Å². The lowest BCUT2D eigenvalue weighted by Crippen LogP contribution is -2.55. The molecule has 3 rings (SSSR count). The van der Waals surface area contributed by atoms with Gasteiger partial charge in [-0.15, -0.1) is 23.5 Å². The second kappa shape index (κ2) is 8.48. The zero-order valence-electron chi connectivity index (χ0n) is 16.5. The van der Waals surface area contributed by atoms with Crippen LogP contribution < -0.4 is 10.6 Å². The van der Waals surface area contributed by atoms with Crippen molar-refractivity contribution >= 4 is 35.3 Å². The molecule has 4 nitrogen and oxygen atoms in total. The van der Waals surface area contributed by atoms with Crippen LogP contribution in [0.2, 0.25) is 0 Å². The Hall–Kier alpha value is -1.14. The van der Waals surface area contributed by atoms with Crippen LogP contribution in [0.4, 0.5) is 0 Å². The summed E-state index contributed by atoms with van der Waals surface area (Å²) in [7, 11) is 0. The molecule has 2 amide bonds. The van der Waals surface area contributed by atoms with E-state index in [1.165, 1.54) is 10.5 Å². The Morgan fingerprint density at radius 3 is 2.59 bits per heavy atom. The second-order valence-electron chi connectivity index (χ2n) is 8.57. The fourth-order valence-electron chi connectivity index (χ4n) is 3.71. The van der Waals surface area contributed by atoms with Crippen molar-refractivity contribution in [3.05, 3.63) is 29.8 Å². The van der Waals surface area contributed by atoms with Crippen molar-refractivity contribution in [2.24, 2.45) is 0 Å². The van der Waals surface area contributed by atoms with Crippen molar-refractivity contribution in [3.63, 3.8) is 0 Å². The fourth-order valence-corrected chi connectivity index (χ4v) is 5.57. The maximum absolute atomic E-state index is 12.7. The number of hydrogen-bond acceptors (Lipinski definition) is 4. The zero-order valence-corrected chi connectivity index (χ0v) is 18.1. The van der Waals surface area contributed by atoms with Gasteiger partial charge in [-0.25, -0.2) is 0 Å². The van der Waals surface area contributed by atoms with Crippen LogP contribution in [0.3, 0.4) is 0 Å². The highest BCUT2D eigenvalue weighted by atomic mass is 32.2. The number of amides is 2. The lowest BCUT2D eigenvalue weighted by Gasteiger charge is -2.31. The molecular formula is C21H30N2O2S2. The summed E-state index contributed by atoms with van der Waals surface area (Å²) in [6, 6.07) is 8.23. The predicted molar refractivity (Wildman–Crippen MR) is 114 cm³/mol. The lowest BCUT2D eigenvalue weighted by molar-refractivity contribution is -0.123. The number of carbonyl (C=O) groups excluding carboxylic acids is 2. The molecule has 0 radical (unpaired) electrons. The maximum atomic E-state index is 12.7. The van der Waals surface area contributed by atoms with E-state index < -0.39 is 0 Å². The molecule has 0 aromatic heterocycles. The summed E-state index contributed by atoms with van der Waals surface area (Å²) >= 11 is 3.31. The number of benzene rings is 1. The molecule has 0 saturated heterocycles. The lowest BCUT2D eigenvalue weighted by atomic mass is 9.97. The highest BCUT2D eigenvalue weighted by Crippen LogP contribution is 2.37. The molecule has 1 heterocycles. The van der Waals surface area contributed by atoms with Crippen LogP contribution >= 0.6 is 23.5 Å². The third-order valence-corrected chi connectivity index (χ3v) is 7.73. The van der Waals surface area contributed by atoms with Gasteiger partial charge in [-0.05, 0) is 30.9 Å². The molecule has 0 spiro atoms. The quantitative estimate of drug-likeness (QED) is 0.755. The number of fused-ring (bicyclic) bond motifs is 1. The molecule has 1 aromatic carbocycles. The molecule has 2 N–H and O–H groups in total. The minimum absolute atomic E-state index is 0.0620. The molecule has 1 aliphatic carbocycles. The third kappa shape index (κ3) is 5.67. The van der Waals surface area contributed by atoms with Gasteiger partial charge in [0.15, 0.2) is 0 Å². The molecular weight excluding hydrogens is 376 g/mol. The van der Waals surface area contributed by atoms with Crippen LogP contribution in [0.1, 0.15) is 52.0 Å². The van der Waals surface area contributed by atoms with Gasteiger partial charge in [0.25, 0.3) is 0 Å². The number of thioether (sulfide) groups is 2. The van der Waals surface area contributed by atoms with Crippen molar-refractivity contribution in [2.45, 2.75) is 73.3 Å². The second-order valence-corrected chi connectivity index (χ2v) is 11.6. The van der Waals surface area contributed by atoms with Gasteiger partial charge in [0.2, 0.25) is 11.8 Å². The molecule has 1 atom stereocenters. The molecule has 1 aliphatic heterocycles.